The molecule has 7 nitrogen and oxygen atoms in total. The molecule has 2 aromatic rings. The van der Waals surface area contributed by atoms with E-state index in [0.717, 1.165) is 5.56 Å². The van der Waals surface area contributed by atoms with Crippen LogP contribution in [-0.4, -0.2) is 44.5 Å². The Balaban J connectivity index is 1.74. The molecule has 2 rings (SSSR count). The number of Topliss-reactive ketones (excluding diaryl/α,β-unsaturated/α-hetero) is 1. The molecule has 0 fully saturated rings. The van der Waals surface area contributed by atoms with Gasteiger partial charge in [0.1, 0.15) is 0 Å². The van der Waals surface area contributed by atoms with E-state index < -0.39 is 5.97 Å². The second kappa shape index (κ2) is 10.8. The second-order valence-electron chi connectivity index (χ2n) is 6.49. The summed E-state index contributed by atoms with van der Waals surface area (Å²) < 4.78 is 15.5. The Kier molecular flexibility index (Phi) is 8.21. The summed E-state index contributed by atoms with van der Waals surface area (Å²) in [6, 6.07) is 14.5. The first kappa shape index (κ1) is 21.9. The zero-order chi connectivity index (χ0) is 21.2. The first-order chi connectivity index (χ1) is 13.9. The second-order valence-corrected chi connectivity index (χ2v) is 6.49. The van der Waals surface area contributed by atoms with Crippen molar-refractivity contribution in [3.8, 4) is 11.5 Å². The van der Waals surface area contributed by atoms with Gasteiger partial charge in [-0.1, -0.05) is 37.3 Å². The van der Waals surface area contributed by atoms with Gasteiger partial charge in [0.15, 0.2) is 30.5 Å². The number of amides is 1. The number of hydrogen-bond donors (Lipinski definition) is 1. The highest BCUT2D eigenvalue weighted by Crippen LogP contribution is 2.28. The van der Waals surface area contributed by atoms with Gasteiger partial charge >= 0.3 is 5.97 Å². The molecule has 0 saturated heterocycles. The van der Waals surface area contributed by atoms with E-state index in [2.05, 4.69) is 5.32 Å². The van der Waals surface area contributed by atoms with Crippen molar-refractivity contribution in [3.05, 3.63) is 59.7 Å². The monoisotopic (exact) mass is 399 g/mol. The van der Waals surface area contributed by atoms with Gasteiger partial charge in [0.05, 0.1) is 7.11 Å². The highest BCUT2D eigenvalue weighted by Gasteiger charge is 2.13. The quantitative estimate of drug-likeness (QED) is 0.488. The number of ether oxygens (including phenoxy) is 3. The number of benzene rings is 2. The fourth-order valence-corrected chi connectivity index (χ4v) is 2.55. The predicted octanol–water partition coefficient (Wildman–Crippen LogP) is 2.74. The number of esters is 1. The Hall–Kier alpha value is -3.35. The van der Waals surface area contributed by atoms with Crippen LogP contribution in [0.2, 0.25) is 0 Å². The molecule has 0 spiro atoms. The Morgan fingerprint density at radius 2 is 1.72 bits per heavy atom. The summed E-state index contributed by atoms with van der Waals surface area (Å²) in [5.74, 6) is -0.404. The van der Waals surface area contributed by atoms with Gasteiger partial charge in [-0.05, 0) is 36.6 Å². The third-order valence-corrected chi connectivity index (χ3v) is 4.25. The molecule has 7 heteroatoms. The molecule has 154 valence electrons. The lowest BCUT2D eigenvalue weighted by molar-refractivity contribution is -0.150. The average molecular weight is 399 g/mol. The van der Waals surface area contributed by atoms with Crippen LogP contribution in [0.3, 0.4) is 0 Å². The van der Waals surface area contributed by atoms with Crippen LogP contribution in [0.15, 0.2) is 48.5 Å². The van der Waals surface area contributed by atoms with Crippen LogP contribution in [0.25, 0.3) is 0 Å². The van der Waals surface area contributed by atoms with Gasteiger partial charge in [-0.3, -0.25) is 9.59 Å². The Morgan fingerprint density at radius 3 is 2.38 bits per heavy atom. The average Bonchev–Trinajstić information content (AvgIpc) is 2.74. The van der Waals surface area contributed by atoms with Crippen molar-refractivity contribution in [1.29, 1.82) is 0 Å². The van der Waals surface area contributed by atoms with Gasteiger partial charge in [-0.25, -0.2) is 4.79 Å². The molecular formula is C22H25NO6. The number of hydrogen-bond acceptors (Lipinski definition) is 6. The normalized spacial score (nSPS) is 11.3. The summed E-state index contributed by atoms with van der Waals surface area (Å²) in [4.78, 5) is 35.1. The summed E-state index contributed by atoms with van der Waals surface area (Å²) in [5, 5.41) is 2.74. The molecule has 0 bridgehead atoms. The van der Waals surface area contributed by atoms with E-state index in [9.17, 15) is 14.4 Å². The van der Waals surface area contributed by atoms with E-state index in [1.807, 2.05) is 37.3 Å². The maximum Gasteiger partial charge on any atom is 0.344 e. The predicted molar refractivity (Wildman–Crippen MR) is 107 cm³/mol. The summed E-state index contributed by atoms with van der Waals surface area (Å²) in [7, 11) is 1.44. The standard InChI is InChI=1S/C22H25NO6/c1-15(17-7-5-4-6-8-17)12-23-21(25)13-29-22(26)14-28-19-10-9-18(16(2)24)11-20(19)27-3/h4-11,15H,12-14H2,1-3H3,(H,23,25)/t15-/m1/s1. The maximum atomic E-state index is 11.9. The molecule has 1 amide bonds. The molecule has 0 unspecified atom stereocenters. The van der Waals surface area contributed by atoms with Crippen LogP contribution < -0.4 is 14.8 Å². The zero-order valence-electron chi connectivity index (χ0n) is 16.8. The van der Waals surface area contributed by atoms with Crippen LogP contribution in [0.1, 0.15) is 35.7 Å². The van der Waals surface area contributed by atoms with Crippen molar-refractivity contribution in [3.63, 3.8) is 0 Å². The number of nitrogens with one attached hydrogen (secondary N) is 1. The minimum absolute atomic E-state index is 0.109. The topological polar surface area (TPSA) is 90.9 Å². The number of carbonyl (C=O) groups is 3. The fourth-order valence-electron chi connectivity index (χ4n) is 2.55. The Morgan fingerprint density at radius 1 is 1.00 bits per heavy atom. The SMILES string of the molecule is COc1cc(C(C)=O)ccc1OCC(=O)OCC(=O)NC[C@@H](C)c1ccccc1. The Labute approximate surface area is 170 Å². The third kappa shape index (κ3) is 6.95. The lowest BCUT2D eigenvalue weighted by Crippen LogP contribution is -2.32. The van der Waals surface area contributed by atoms with Crippen molar-refractivity contribution in [2.75, 3.05) is 26.9 Å². The number of rotatable bonds is 10. The van der Waals surface area contributed by atoms with Crippen molar-refractivity contribution >= 4 is 17.7 Å². The zero-order valence-corrected chi connectivity index (χ0v) is 16.8. The molecule has 0 aliphatic carbocycles. The van der Waals surface area contributed by atoms with E-state index >= 15 is 0 Å². The van der Waals surface area contributed by atoms with Gasteiger partial charge in [0, 0.05) is 12.1 Å². The van der Waals surface area contributed by atoms with Crippen LogP contribution in [-0.2, 0) is 14.3 Å². The number of ketones is 1. The smallest absolute Gasteiger partial charge is 0.344 e. The highest BCUT2D eigenvalue weighted by atomic mass is 16.6. The molecule has 0 radical (unpaired) electrons. The molecule has 0 heterocycles. The van der Waals surface area contributed by atoms with Gasteiger partial charge in [0.25, 0.3) is 5.91 Å². The minimum atomic E-state index is -0.686. The summed E-state index contributed by atoms with van der Waals surface area (Å²) in [6.45, 7) is 3.11. The molecule has 2 aromatic carbocycles. The van der Waals surface area contributed by atoms with Crippen molar-refractivity contribution < 1.29 is 28.6 Å². The number of carbonyl (C=O) groups excluding carboxylic acids is 3. The van der Waals surface area contributed by atoms with Gasteiger partial charge in [-0.15, -0.1) is 0 Å². The molecular weight excluding hydrogens is 374 g/mol. The van der Waals surface area contributed by atoms with E-state index in [4.69, 9.17) is 14.2 Å². The van der Waals surface area contributed by atoms with Crippen LogP contribution in [0.4, 0.5) is 0 Å². The Bertz CT molecular complexity index is 850. The highest BCUT2D eigenvalue weighted by molar-refractivity contribution is 5.94. The van der Waals surface area contributed by atoms with Crippen LogP contribution in [0.5, 0.6) is 11.5 Å². The van der Waals surface area contributed by atoms with E-state index in [0.29, 0.717) is 23.6 Å². The summed E-state index contributed by atoms with van der Waals surface area (Å²) in [5.41, 5.74) is 1.58. The van der Waals surface area contributed by atoms with E-state index in [-0.39, 0.29) is 30.8 Å². The van der Waals surface area contributed by atoms with Crippen molar-refractivity contribution in [1.82, 2.24) is 5.32 Å². The van der Waals surface area contributed by atoms with Gasteiger partial charge < -0.3 is 19.5 Å². The lowest BCUT2D eigenvalue weighted by Gasteiger charge is -2.13. The largest absolute Gasteiger partial charge is 0.493 e. The van der Waals surface area contributed by atoms with E-state index in [1.54, 1.807) is 12.1 Å². The van der Waals surface area contributed by atoms with Crippen LogP contribution in [0, 0.1) is 0 Å². The number of methoxy groups -OCH3 is 1. The molecule has 0 aliphatic heterocycles. The molecule has 29 heavy (non-hydrogen) atoms. The summed E-state index contributed by atoms with van der Waals surface area (Å²) in [6.07, 6.45) is 0. The van der Waals surface area contributed by atoms with Crippen molar-refractivity contribution in [2.45, 2.75) is 19.8 Å². The fraction of sp³-hybridized carbons (Fsp3) is 0.318. The first-order valence-corrected chi connectivity index (χ1v) is 9.19. The van der Waals surface area contributed by atoms with Gasteiger partial charge in [-0.2, -0.15) is 0 Å². The molecule has 1 atom stereocenters. The summed E-state index contributed by atoms with van der Waals surface area (Å²) >= 11 is 0. The minimum Gasteiger partial charge on any atom is -0.493 e. The third-order valence-electron chi connectivity index (χ3n) is 4.25. The molecule has 0 saturated carbocycles. The lowest BCUT2D eigenvalue weighted by atomic mass is 10.0. The first-order valence-electron chi connectivity index (χ1n) is 9.19. The maximum absolute atomic E-state index is 11.9. The van der Waals surface area contributed by atoms with Crippen molar-refractivity contribution in [2.24, 2.45) is 0 Å². The van der Waals surface area contributed by atoms with Crippen LogP contribution >= 0.6 is 0 Å². The van der Waals surface area contributed by atoms with Gasteiger partial charge in [0.2, 0.25) is 0 Å². The molecule has 1 N–H and O–H groups in total. The molecule has 0 aromatic heterocycles. The molecule has 0 aliphatic rings. The van der Waals surface area contributed by atoms with E-state index in [1.165, 1.54) is 20.1 Å².